The predicted molar refractivity (Wildman–Crippen MR) is 84.1 cm³/mol. The molecule has 2 rings (SSSR count). The highest BCUT2D eigenvalue weighted by Gasteiger charge is 2.31. The van der Waals surface area contributed by atoms with Crippen LogP contribution >= 0.6 is 0 Å². The maximum Gasteiger partial charge on any atom is 0.119 e. The van der Waals surface area contributed by atoms with Gasteiger partial charge in [0.2, 0.25) is 0 Å². The van der Waals surface area contributed by atoms with Crippen molar-refractivity contribution in [3.05, 3.63) is 28.8 Å². The van der Waals surface area contributed by atoms with Crippen molar-refractivity contribution in [1.29, 1.82) is 0 Å². The molecule has 20 heavy (non-hydrogen) atoms. The lowest BCUT2D eigenvalue weighted by molar-refractivity contribution is 0.311. The number of benzene rings is 1. The fourth-order valence-electron chi connectivity index (χ4n) is 3.31. The van der Waals surface area contributed by atoms with E-state index in [2.05, 4.69) is 45.7 Å². The van der Waals surface area contributed by atoms with Crippen LogP contribution in [-0.2, 0) is 5.41 Å². The van der Waals surface area contributed by atoms with Crippen molar-refractivity contribution in [2.75, 3.05) is 20.1 Å². The number of nitrogens with zero attached hydrogens (tertiary/aromatic N) is 1. The van der Waals surface area contributed by atoms with Crippen LogP contribution in [-0.4, -0.2) is 30.1 Å². The van der Waals surface area contributed by atoms with E-state index in [1.807, 2.05) is 6.07 Å². The van der Waals surface area contributed by atoms with Crippen molar-refractivity contribution in [3.63, 3.8) is 0 Å². The van der Waals surface area contributed by atoms with Crippen LogP contribution in [0.3, 0.4) is 0 Å². The fourth-order valence-corrected chi connectivity index (χ4v) is 3.31. The molecule has 1 aromatic carbocycles. The Hall–Kier alpha value is -1.06. The minimum atomic E-state index is -0.0330. The summed E-state index contributed by atoms with van der Waals surface area (Å²) in [7, 11) is 2.15. The lowest BCUT2D eigenvalue weighted by atomic mass is 9.83. The number of hydrogen-bond acceptors (Lipinski definition) is 3. The summed E-state index contributed by atoms with van der Waals surface area (Å²) in [5.41, 5.74) is 9.31. The average molecular weight is 276 g/mol. The zero-order valence-electron chi connectivity index (χ0n) is 13.4. The fraction of sp³-hybridized carbons (Fsp3) is 0.647. The van der Waals surface area contributed by atoms with Crippen molar-refractivity contribution in [2.24, 2.45) is 11.7 Å². The first-order chi connectivity index (χ1) is 9.24. The monoisotopic (exact) mass is 276 g/mol. The standard InChI is InChI=1S/C17H28N2O/c1-11-6-14(17(2,3)4)16(20)8-13(11)15-7-12(9-18)10-19(15)5/h6,8,12,15,20H,7,9-10,18H2,1-5H3. The lowest BCUT2D eigenvalue weighted by Gasteiger charge is -2.26. The summed E-state index contributed by atoms with van der Waals surface area (Å²) in [5.74, 6) is 0.983. The van der Waals surface area contributed by atoms with Crippen LogP contribution in [0.1, 0.15) is 49.9 Å². The molecule has 1 heterocycles. The van der Waals surface area contributed by atoms with Crippen LogP contribution in [0.25, 0.3) is 0 Å². The molecule has 1 saturated heterocycles. The minimum Gasteiger partial charge on any atom is -0.508 e. The molecule has 3 heteroatoms. The molecule has 1 aromatic rings. The van der Waals surface area contributed by atoms with E-state index in [1.165, 1.54) is 11.1 Å². The molecule has 0 amide bonds. The molecular formula is C17H28N2O. The molecule has 0 aromatic heterocycles. The van der Waals surface area contributed by atoms with Crippen LogP contribution in [0.2, 0.25) is 0 Å². The molecule has 2 atom stereocenters. The summed E-state index contributed by atoms with van der Waals surface area (Å²) < 4.78 is 0. The highest BCUT2D eigenvalue weighted by Crippen LogP contribution is 2.40. The van der Waals surface area contributed by atoms with Gasteiger partial charge in [0.05, 0.1) is 0 Å². The molecule has 1 fully saturated rings. The Morgan fingerprint density at radius 2 is 2.00 bits per heavy atom. The van der Waals surface area contributed by atoms with Gasteiger partial charge in [0.25, 0.3) is 0 Å². The molecule has 0 saturated carbocycles. The summed E-state index contributed by atoms with van der Waals surface area (Å²) in [4.78, 5) is 2.36. The lowest BCUT2D eigenvalue weighted by Crippen LogP contribution is -2.21. The van der Waals surface area contributed by atoms with Gasteiger partial charge in [0.15, 0.2) is 0 Å². The largest absolute Gasteiger partial charge is 0.508 e. The van der Waals surface area contributed by atoms with Gasteiger partial charge < -0.3 is 10.8 Å². The highest BCUT2D eigenvalue weighted by molar-refractivity contribution is 5.46. The Morgan fingerprint density at radius 1 is 1.35 bits per heavy atom. The van der Waals surface area contributed by atoms with Crippen LogP contribution in [0.4, 0.5) is 0 Å². The maximum absolute atomic E-state index is 10.4. The zero-order valence-corrected chi connectivity index (χ0v) is 13.4. The summed E-state index contributed by atoms with van der Waals surface area (Å²) in [6.07, 6.45) is 1.09. The van der Waals surface area contributed by atoms with Gasteiger partial charge in [0, 0.05) is 12.6 Å². The molecule has 112 valence electrons. The smallest absolute Gasteiger partial charge is 0.119 e. The first-order valence-corrected chi connectivity index (χ1v) is 7.48. The molecule has 0 spiro atoms. The van der Waals surface area contributed by atoms with Gasteiger partial charge in [-0.05, 0) is 61.0 Å². The van der Waals surface area contributed by atoms with E-state index in [1.54, 1.807) is 0 Å². The van der Waals surface area contributed by atoms with Crippen LogP contribution in [0.15, 0.2) is 12.1 Å². The highest BCUT2D eigenvalue weighted by atomic mass is 16.3. The first kappa shape index (κ1) is 15.3. The predicted octanol–water partition coefficient (Wildman–Crippen LogP) is 2.95. The Bertz CT molecular complexity index is 490. The Morgan fingerprint density at radius 3 is 2.50 bits per heavy atom. The van der Waals surface area contributed by atoms with Crippen molar-refractivity contribution in [2.45, 2.75) is 45.6 Å². The number of phenolic OH excluding ortho intramolecular Hbond substituents is 1. The van der Waals surface area contributed by atoms with Gasteiger partial charge in [-0.2, -0.15) is 0 Å². The van der Waals surface area contributed by atoms with Crippen LogP contribution in [0.5, 0.6) is 5.75 Å². The Balaban J connectivity index is 2.37. The van der Waals surface area contributed by atoms with E-state index in [-0.39, 0.29) is 5.41 Å². The first-order valence-electron chi connectivity index (χ1n) is 7.48. The molecule has 3 N–H and O–H groups in total. The average Bonchev–Trinajstić information content (AvgIpc) is 2.71. The molecule has 1 aliphatic heterocycles. The number of rotatable bonds is 2. The maximum atomic E-state index is 10.4. The van der Waals surface area contributed by atoms with E-state index in [9.17, 15) is 5.11 Å². The van der Waals surface area contributed by atoms with Crippen molar-refractivity contribution >= 4 is 0 Å². The second-order valence-corrected chi connectivity index (χ2v) is 7.27. The van der Waals surface area contributed by atoms with Gasteiger partial charge >= 0.3 is 0 Å². The molecule has 3 nitrogen and oxygen atoms in total. The topological polar surface area (TPSA) is 49.5 Å². The summed E-state index contributed by atoms with van der Waals surface area (Å²) in [6.45, 7) is 10.3. The molecule has 0 aliphatic carbocycles. The van der Waals surface area contributed by atoms with Crippen molar-refractivity contribution in [1.82, 2.24) is 4.90 Å². The number of nitrogens with two attached hydrogens (primary N) is 1. The zero-order chi connectivity index (χ0) is 15.1. The van der Waals surface area contributed by atoms with Gasteiger partial charge in [0.1, 0.15) is 5.75 Å². The van der Waals surface area contributed by atoms with E-state index in [0.717, 1.165) is 25.1 Å². The number of phenols is 1. The van der Waals surface area contributed by atoms with Gasteiger partial charge in [-0.3, -0.25) is 4.90 Å². The third kappa shape index (κ3) is 2.84. The normalized spacial score (nSPS) is 24.3. The molecule has 2 unspecified atom stereocenters. The number of aryl methyl sites for hydroxylation is 1. The van der Waals surface area contributed by atoms with E-state index >= 15 is 0 Å². The van der Waals surface area contributed by atoms with Gasteiger partial charge in [-0.25, -0.2) is 0 Å². The van der Waals surface area contributed by atoms with Crippen LogP contribution in [0, 0.1) is 12.8 Å². The summed E-state index contributed by atoms with van der Waals surface area (Å²) >= 11 is 0. The Kier molecular flexibility index (Phi) is 4.12. The third-order valence-electron chi connectivity index (χ3n) is 4.52. The summed E-state index contributed by atoms with van der Waals surface area (Å²) in [5, 5.41) is 10.4. The second kappa shape index (κ2) is 5.38. The quantitative estimate of drug-likeness (QED) is 0.873. The van der Waals surface area contributed by atoms with Crippen LogP contribution < -0.4 is 5.73 Å². The SMILES string of the molecule is Cc1cc(C(C)(C)C)c(O)cc1C1CC(CN)CN1C. The third-order valence-corrected chi connectivity index (χ3v) is 4.52. The molecular weight excluding hydrogens is 248 g/mol. The second-order valence-electron chi connectivity index (χ2n) is 7.27. The summed E-state index contributed by atoms with van der Waals surface area (Å²) in [6, 6.07) is 4.49. The number of aromatic hydroxyl groups is 1. The van der Waals surface area contributed by atoms with Gasteiger partial charge in [-0.15, -0.1) is 0 Å². The molecule has 1 aliphatic rings. The minimum absolute atomic E-state index is 0.0330. The Labute approximate surface area is 122 Å². The molecule has 0 bridgehead atoms. The van der Waals surface area contributed by atoms with Crippen molar-refractivity contribution in [3.8, 4) is 5.75 Å². The molecule has 0 radical (unpaired) electrons. The van der Waals surface area contributed by atoms with Gasteiger partial charge in [-0.1, -0.05) is 26.8 Å². The number of likely N-dealkylation sites (tertiary alicyclic amines) is 1. The van der Waals surface area contributed by atoms with E-state index in [4.69, 9.17) is 5.73 Å². The van der Waals surface area contributed by atoms with E-state index < -0.39 is 0 Å². The van der Waals surface area contributed by atoms with E-state index in [0.29, 0.717) is 17.7 Å². The number of hydrogen-bond donors (Lipinski definition) is 2. The van der Waals surface area contributed by atoms with Crippen molar-refractivity contribution < 1.29 is 5.11 Å².